The van der Waals surface area contributed by atoms with Crippen molar-refractivity contribution in [2.24, 2.45) is 4.99 Å². The average molecular weight is 531 g/mol. The van der Waals surface area contributed by atoms with E-state index in [2.05, 4.69) is 27.4 Å². The molecule has 2 aliphatic heterocycles. The molecule has 2 fully saturated rings. The second-order valence-electron chi connectivity index (χ2n) is 7.33. The molecule has 2 heterocycles. The molecule has 9 heteroatoms. The lowest BCUT2D eigenvalue weighted by Crippen LogP contribution is -2.46. The molecular weight excluding hydrogens is 497 g/mol. The third-order valence-electron chi connectivity index (χ3n) is 5.14. The van der Waals surface area contributed by atoms with Gasteiger partial charge in [0.15, 0.2) is 5.96 Å². The number of anilines is 1. The molecule has 0 spiro atoms. The number of hydrogen-bond acceptors (Lipinski definition) is 5. The zero-order chi connectivity index (χ0) is 20.5. The topological polar surface area (TPSA) is 78.4 Å². The van der Waals surface area contributed by atoms with Gasteiger partial charge in [0.2, 0.25) is 5.91 Å². The van der Waals surface area contributed by atoms with E-state index in [0.29, 0.717) is 19.2 Å². The third kappa shape index (κ3) is 7.59. The molecule has 8 nitrogen and oxygen atoms in total. The van der Waals surface area contributed by atoms with Crippen LogP contribution in [0.25, 0.3) is 0 Å². The molecule has 2 aliphatic rings. The van der Waals surface area contributed by atoms with E-state index in [4.69, 9.17) is 14.5 Å². The lowest BCUT2D eigenvalue weighted by Gasteiger charge is -2.32. The summed E-state index contributed by atoms with van der Waals surface area (Å²) in [6.07, 6.45) is 1.16. The number of ether oxygens (including phenoxy) is 2. The Labute approximate surface area is 196 Å². The molecule has 0 aromatic heterocycles. The van der Waals surface area contributed by atoms with Gasteiger partial charge in [-0.1, -0.05) is 6.07 Å². The third-order valence-corrected chi connectivity index (χ3v) is 5.14. The highest BCUT2D eigenvalue weighted by Crippen LogP contribution is 2.18. The Bertz CT molecular complexity index is 697. The van der Waals surface area contributed by atoms with Crippen molar-refractivity contribution in [2.45, 2.75) is 26.3 Å². The predicted molar refractivity (Wildman–Crippen MR) is 130 cm³/mol. The van der Waals surface area contributed by atoms with Gasteiger partial charge in [0.25, 0.3) is 0 Å². The maximum Gasteiger partial charge on any atom is 0.221 e. The van der Waals surface area contributed by atoms with Crippen LogP contribution in [0.3, 0.4) is 0 Å². The van der Waals surface area contributed by atoms with Crippen LogP contribution >= 0.6 is 24.0 Å². The molecule has 0 radical (unpaired) electrons. The van der Waals surface area contributed by atoms with E-state index in [9.17, 15) is 4.79 Å². The van der Waals surface area contributed by atoms with E-state index in [1.54, 1.807) is 0 Å². The number of nitrogens with zero attached hydrogens (tertiary/aromatic N) is 3. The standard InChI is InChI=1S/C21H33N5O3.HI/c1-3-22-21(26-9-7-19(16-26)25-10-13-28-14-11-25)23-8-12-29-20-6-4-5-18(15-20)24-17(2)27;/h4-6,15,19H,3,7-14,16H2,1-2H3,(H,22,23)(H,24,27);1H. The number of morpholine rings is 1. The van der Waals surface area contributed by atoms with Crippen molar-refractivity contribution in [1.82, 2.24) is 15.1 Å². The summed E-state index contributed by atoms with van der Waals surface area (Å²) in [6, 6.07) is 7.99. The second kappa shape index (κ2) is 13.0. The molecule has 0 saturated carbocycles. The summed E-state index contributed by atoms with van der Waals surface area (Å²) in [6.45, 7) is 11.2. The molecule has 3 rings (SSSR count). The summed E-state index contributed by atoms with van der Waals surface area (Å²) >= 11 is 0. The maximum absolute atomic E-state index is 11.2. The number of aliphatic imine (C=N–C) groups is 1. The maximum atomic E-state index is 11.2. The van der Waals surface area contributed by atoms with Crippen molar-refractivity contribution in [3.63, 3.8) is 0 Å². The van der Waals surface area contributed by atoms with Gasteiger partial charge >= 0.3 is 0 Å². The molecule has 0 bridgehead atoms. The van der Waals surface area contributed by atoms with Gasteiger partial charge in [0.05, 0.1) is 19.8 Å². The first-order valence-electron chi connectivity index (χ1n) is 10.5. The minimum atomic E-state index is -0.0944. The summed E-state index contributed by atoms with van der Waals surface area (Å²) in [5, 5.41) is 6.17. The minimum Gasteiger partial charge on any atom is -0.492 e. The molecule has 1 aromatic rings. The van der Waals surface area contributed by atoms with E-state index in [1.165, 1.54) is 6.92 Å². The summed E-state index contributed by atoms with van der Waals surface area (Å²) in [7, 11) is 0. The van der Waals surface area contributed by atoms with Gasteiger partial charge in [-0.25, -0.2) is 4.99 Å². The lowest BCUT2D eigenvalue weighted by atomic mass is 10.2. The molecule has 2 N–H and O–H groups in total. The van der Waals surface area contributed by atoms with E-state index >= 15 is 0 Å². The Kier molecular flexibility index (Phi) is 10.7. The Morgan fingerprint density at radius 3 is 2.83 bits per heavy atom. The van der Waals surface area contributed by atoms with Crippen LogP contribution < -0.4 is 15.4 Å². The molecular formula is C21H34IN5O3. The van der Waals surface area contributed by atoms with Crippen LogP contribution in [0.15, 0.2) is 29.3 Å². The number of hydrogen-bond donors (Lipinski definition) is 2. The Hall–Kier alpha value is -1.59. The van der Waals surface area contributed by atoms with E-state index in [-0.39, 0.29) is 29.9 Å². The Morgan fingerprint density at radius 2 is 2.10 bits per heavy atom. The highest BCUT2D eigenvalue weighted by molar-refractivity contribution is 14.0. The largest absolute Gasteiger partial charge is 0.492 e. The SMILES string of the molecule is CCNC(=NCCOc1cccc(NC(C)=O)c1)N1CCC(N2CCOCC2)C1.I. The van der Waals surface area contributed by atoms with Crippen LogP contribution in [0.5, 0.6) is 5.75 Å². The van der Waals surface area contributed by atoms with E-state index in [1.807, 2.05) is 24.3 Å². The summed E-state index contributed by atoms with van der Waals surface area (Å²) in [5.74, 6) is 1.59. The van der Waals surface area contributed by atoms with Crippen LogP contribution in [-0.2, 0) is 9.53 Å². The molecule has 1 atom stereocenters. The van der Waals surface area contributed by atoms with Crippen LogP contribution in [0.1, 0.15) is 20.3 Å². The van der Waals surface area contributed by atoms with Crippen molar-refractivity contribution < 1.29 is 14.3 Å². The van der Waals surface area contributed by atoms with Crippen LogP contribution in [0.4, 0.5) is 5.69 Å². The van der Waals surface area contributed by atoms with Crippen molar-refractivity contribution in [3.05, 3.63) is 24.3 Å². The van der Waals surface area contributed by atoms with Crippen LogP contribution in [0.2, 0.25) is 0 Å². The molecule has 168 valence electrons. The highest BCUT2D eigenvalue weighted by Gasteiger charge is 2.30. The van der Waals surface area contributed by atoms with E-state index in [0.717, 1.165) is 69.8 Å². The fourth-order valence-electron chi connectivity index (χ4n) is 3.78. The zero-order valence-electron chi connectivity index (χ0n) is 17.9. The number of amides is 1. The fraction of sp³-hybridized carbons (Fsp3) is 0.619. The summed E-state index contributed by atoms with van der Waals surface area (Å²) in [5.41, 5.74) is 0.734. The molecule has 0 aliphatic carbocycles. The number of nitrogens with one attached hydrogen (secondary N) is 2. The minimum absolute atomic E-state index is 0. The molecule has 30 heavy (non-hydrogen) atoms. The first-order chi connectivity index (χ1) is 14.2. The second-order valence-corrected chi connectivity index (χ2v) is 7.33. The van der Waals surface area contributed by atoms with Crippen molar-refractivity contribution in [3.8, 4) is 5.75 Å². The van der Waals surface area contributed by atoms with Crippen molar-refractivity contribution in [2.75, 3.05) is 64.4 Å². The van der Waals surface area contributed by atoms with Crippen molar-refractivity contribution in [1.29, 1.82) is 0 Å². The predicted octanol–water partition coefficient (Wildman–Crippen LogP) is 2.01. The molecule has 2 saturated heterocycles. The van der Waals surface area contributed by atoms with Gasteiger partial charge in [0.1, 0.15) is 12.4 Å². The number of benzene rings is 1. The number of carbonyl (C=O) groups excluding carboxylic acids is 1. The summed E-state index contributed by atoms with van der Waals surface area (Å²) in [4.78, 5) is 20.8. The Morgan fingerprint density at radius 1 is 1.30 bits per heavy atom. The van der Waals surface area contributed by atoms with Crippen LogP contribution in [0, 0.1) is 0 Å². The number of rotatable bonds is 7. The van der Waals surface area contributed by atoms with Gasteiger partial charge in [-0.3, -0.25) is 9.69 Å². The fourth-order valence-corrected chi connectivity index (χ4v) is 3.78. The number of halogens is 1. The average Bonchev–Trinajstić information content (AvgIpc) is 3.21. The Balaban J connectivity index is 0.00000320. The van der Waals surface area contributed by atoms with Gasteiger partial charge in [0, 0.05) is 57.4 Å². The number of guanidine groups is 1. The summed E-state index contributed by atoms with van der Waals surface area (Å²) < 4.78 is 11.3. The monoisotopic (exact) mass is 531 g/mol. The normalized spacial score (nSPS) is 19.9. The van der Waals surface area contributed by atoms with E-state index < -0.39 is 0 Å². The molecule has 1 amide bonds. The lowest BCUT2D eigenvalue weighted by molar-refractivity contribution is -0.114. The van der Waals surface area contributed by atoms with Crippen LogP contribution in [-0.4, -0.2) is 86.8 Å². The van der Waals surface area contributed by atoms with Gasteiger partial charge in [-0.15, -0.1) is 24.0 Å². The first-order valence-corrected chi connectivity index (χ1v) is 10.5. The highest BCUT2D eigenvalue weighted by atomic mass is 127. The number of likely N-dealkylation sites (tertiary alicyclic amines) is 1. The zero-order valence-corrected chi connectivity index (χ0v) is 20.3. The quantitative estimate of drug-likeness (QED) is 0.243. The van der Waals surface area contributed by atoms with Crippen molar-refractivity contribution >= 4 is 41.5 Å². The van der Waals surface area contributed by atoms with Gasteiger partial charge in [-0.05, 0) is 25.5 Å². The molecule has 1 unspecified atom stereocenters. The number of carbonyl (C=O) groups is 1. The first kappa shape index (κ1) is 24.7. The molecule has 1 aromatic carbocycles. The van der Waals surface area contributed by atoms with Gasteiger partial charge in [-0.2, -0.15) is 0 Å². The van der Waals surface area contributed by atoms with Gasteiger partial charge < -0.3 is 25.0 Å². The smallest absolute Gasteiger partial charge is 0.221 e.